The summed E-state index contributed by atoms with van der Waals surface area (Å²) in [5.74, 6) is -2.47. The Balaban J connectivity index is 0.000000840. The van der Waals surface area contributed by atoms with Crippen LogP contribution in [0.1, 0.15) is 28.4 Å². The number of aliphatic carboxylic acids is 1. The molecule has 0 bridgehead atoms. The van der Waals surface area contributed by atoms with Gasteiger partial charge in [-0.3, -0.25) is 24.2 Å². The summed E-state index contributed by atoms with van der Waals surface area (Å²) in [6.45, 7) is 0.802. The van der Waals surface area contributed by atoms with E-state index < -0.39 is 49.3 Å². The van der Waals surface area contributed by atoms with Crippen molar-refractivity contribution >= 4 is 63.2 Å². The van der Waals surface area contributed by atoms with Gasteiger partial charge < -0.3 is 36.6 Å². The van der Waals surface area contributed by atoms with Crippen molar-refractivity contribution in [1.29, 1.82) is 0 Å². The summed E-state index contributed by atoms with van der Waals surface area (Å²) in [6, 6.07) is 5.79. The van der Waals surface area contributed by atoms with Crippen LogP contribution in [0.15, 0.2) is 39.8 Å². The van der Waals surface area contributed by atoms with Crippen LogP contribution in [0.5, 0.6) is 11.5 Å². The van der Waals surface area contributed by atoms with Crippen LogP contribution in [0, 0.1) is 0 Å². The van der Waals surface area contributed by atoms with Crippen molar-refractivity contribution in [1.82, 2.24) is 16.0 Å². The van der Waals surface area contributed by atoms with E-state index in [-0.39, 0.29) is 32.1 Å². The summed E-state index contributed by atoms with van der Waals surface area (Å²) in [7, 11) is 0. The Kier molecular flexibility index (Phi) is 11.6. The lowest BCUT2D eigenvalue weighted by molar-refractivity contribution is -0.156. The molecule has 1 atom stereocenters. The lowest BCUT2D eigenvalue weighted by Gasteiger charge is -2.20. The number of aromatic hydroxyl groups is 2. The van der Waals surface area contributed by atoms with Crippen LogP contribution >= 0.6 is 27.5 Å². The molecule has 12 nitrogen and oxygen atoms in total. The van der Waals surface area contributed by atoms with Crippen LogP contribution in [0.4, 0.5) is 18.9 Å². The number of anilines is 1. The molecule has 7 N–H and O–H groups in total. The van der Waals surface area contributed by atoms with Gasteiger partial charge in [-0.05, 0) is 40.2 Å². The predicted octanol–water partition coefficient (Wildman–Crippen LogP) is 2.69. The first kappa shape index (κ1) is 32.2. The molecule has 17 heteroatoms. The predicted molar refractivity (Wildman–Crippen MR) is 140 cm³/mol. The van der Waals surface area contributed by atoms with Crippen molar-refractivity contribution in [3.63, 3.8) is 0 Å². The fraction of sp³-hybridized carbons (Fsp3) is 0.261. The highest BCUT2D eigenvalue weighted by atomic mass is 79.9. The third kappa shape index (κ3) is 10.6. The molecular weight excluding hydrogens is 631 g/mol. The minimum Gasteiger partial charge on any atom is -0.508 e. The Morgan fingerprint density at radius 3 is 2.42 bits per heavy atom. The minimum atomic E-state index is -4.64. The number of guanidine groups is 1. The highest BCUT2D eigenvalue weighted by Crippen LogP contribution is 2.36. The molecule has 0 spiro atoms. The monoisotopic (exact) mass is 651 g/mol. The van der Waals surface area contributed by atoms with Gasteiger partial charge in [-0.1, -0.05) is 11.6 Å². The molecule has 0 radical (unpaired) electrons. The molecule has 0 fully saturated rings. The standard InChI is InChI=1S/C21H21BrClN5O6.C2HF3O/c22-15-6-11(23)5-14(19(15)33)16(8-18(31)32)28-17(30)9-26-20(34)10-3-12(7-13(29)4-10)27-21-24-1-2-25-21;3-2(4,5)1-6/h3-7,16,29,33H,1-2,8-9H2,(H,26,34)(H,28,30)(H,31,32)(H2,24,25,27);1H/t16-;/m1./s1. The second kappa shape index (κ2) is 14.4. The molecule has 3 rings (SSSR count). The van der Waals surface area contributed by atoms with Gasteiger partial charge in [-0.25, -0.2) is 0 Å². The van der Waals surface area contributed by atoms with Gasteiger partial charge in [0.2, 0.25) is 12.2 Å². The Morgan fingerprint density at radius 2 is 1.85 bits per heavy atom. The number of halogens is 5. The third-order valence-electron chi connectivity index (χ3n) is 4.81. The SMILES string of the molecule is O=C(O)C[C@@H](NC(=O)CNC(=O)c1cc(O)cc(NC2=NCCN2)c1)c1cc(Cl)cc(Br)c1O.O=CC(F)(F)F. The molecule has 2 aromatic carbocycles. The fourth-order valence-electron chi connectivity index (χ4n) is 3.21. The topological polar surface area (TPSA) is 189 Å². The summed E-state index contributed by atoms with van der Waals surface area (Å²) in [5.41, 5.74) is 0.618. The van der Waals surface area contributed by atoms with E-state index in [4.69, 9.17) is 16.4 Å². The molecule has 1 aliphatic rings. The third-order valence-corrected chi connectivity index (χ3v) is 5.63. The first-order valence-corrected chi connectivity index (χ1v) is 12.2. The maximum Gasteiger partial charge on any atom is 0.446 e. The number of carboxylic acid groups (broad SMARTS) is 1. The number of benzene rings is 2. The number of hydrogen-bond acceptors (Lipinski definition) is 9. The normalized spacial score (nSPS) is 13.1. The molecule has 1 aliphatic heterocycles. The van der Waals surface area contributed by atoms with E-state index >= 15 is 0 Å². The molecule has 0 aliphatic carbocycles. The van der Waals surface area contributed by atoms with E-state index in [2.05, 4.69) is 42.2 Å². The van der Waals surface area contributed by atoms with E-state index in [0.29, 0.717) is 24.7 Å². The van der Waals surface area contributed by atoms with Crippen molar-refractivity contribution in [3.8, 4) is 11.5 Å². The fourth-order valence-corrected chi connectivity index (χ4v) is 4.04. The van der Waals surface area contributed by atoms with E-state index in [1.807, 2.05) is 0 Å². The second-order valence-electron chi connectivity index (χ2n) is 7.94. The summed E-state index contributed by atoms with van der Waals surface area (Å²) in [5, 5.41) is 40.5. The minimum absolute atomic E-state index is 0.0902. The van der Waals surface area contributed by atoms with Gasteiger partial charge in [-0.2, -0.15) is 13.2 Å². The lowest BCUT2D eigenvalue weighted by Crippen LogP contribution is -2.39. The average Bonchev–Trinajstić information content (AvgIpc) is 3.36. The van der Waals surface area contributed by atoms with Crippen LogP contribution in [0.2, 0.25) is 5.02 Å². The number of amides is 2. The van der Waals surface area contributed by atoms with E-state index in [9.17, 15) is 42.9 Å². The van der Waals surface area contributed by atoms with Crippen LogP contribution in [-0.2, 0) is 14.4 Å². The van der Waals surface area contributed by atoms with E-state index in [0.717, 1.165) is 0 Å². The van der Waals surface area contributed by atoms with E-state index in [1.165, 1.54) is 30.3 Å². The molecule has 2 amide bonds. The van der Waals surface area contributed by atoms with Crippen LogP contribution < -0.4 is 21.3 Å². The first-order valence-electron chi connectivity index (χ1n) is 11.1. The summed E-state index contributed by atoms with van der Waals surface area (Å²) in [6.07, 6.45) is -6.23. The molecule has 0 aromatic heterocycles. The number of aliphatic imine (C=N–C) groups is 1. The summed E-state index contributed by atoms with van der Waals surface area (Å²) < 4.78 is 31.5. The average molecular weight is 653 g/mol. The zero-order valence-electron chi connectivity index (χ0n) is 20.2. The lowest BCUT2D eigenvalue weighted by atomic mass is 10.0. The van der Waals surface area contributed by atoms with Gasteiger partial charge in [0.1, 0.15) is 11.5 Å². The number of nitrogens with one attached hydrogen (secondary N) is 4. The van der Waals surface area contributed by atoms with E-state index in [1.54, 1.807) is 0 Å². The highest BCUT2D eigenvalue weighted by molar-refractivity contribution is 9.10. The smallest absolute Gasteiger partial charge is 0.446 e. The van der Waals surface area contributed by atoms with Crippen molar-refractivity contribution in [2.75, 3.05) is 25.0 Å². The van der Waals surface area contributed by atoms with Crippen molar-refractivity contribution in [2.45, 2.75) is 18.6 Å². The molecule has 0 unspecified atom stereocenters. The zero-order valence-corrected chi connectivity index (χ0v) is 22.5. The number of nitrogens with zero attached hydrogens (tertiary/aromatic N) is 1. The second-order valence-corrected chi connectivity index (χ2v) is 9.23. The van der Waals surface area contributed by atoms with Crippen molar-refractivity contribution < 1.29 is 47.7 Å². The number of carboxylic acids is 1. The van der Waals surface area contributed by atoms with Crippen molar-refractivity contribution in [2.24, 2.45) is 4.99 Å². The number of carbonyl (C=O) groups is 4. The molecular formula is C23H22BrClF3N5O7. The molecule has 0 saturated carbocycles. The number of hydrogen-bond donors (Lipinski definition) is 7. The number of alkyl halides is 3. The molecule has 40 heavy (non-hydrogen) atoms. The Morgan fingerprint density at radius 1 is 1.18 bits per heavy atom. The highest BCUT2D eigenvalue weighted by Gasteiger charge is 2.25. The quantitative estimate of drug-likeness (QED) is 0.210. The maximum absolute atomic E-state index is 12.5. The number of rotatable bonds is 8. The van der Waals surface area contributed by atoms with Gasteiger partial charge in [0.15, 0.2) is 5.96 Å². The Hall–Kier alpha value is -4.05. The van der Waals surface area contributed by atoms with Gasteiger partial charge in [0.25, 0.3) is 5.91 Å². The first-order chi connectivity index (χ1) is 18.7. The largest absolute Gasteiger partial charge is 0.508 e. The van der Waals surface area contributed by atoms with Crippen LogP contribution in [-0.4, -0.2) is 71.2 Å². The van der Waals surface area contributed by atoms with Gasteiger partial charge in [-0.15, -0.1) is 0 Å². The number of aldehydes is 1. The maximum atomic E-state index is 12.5. The molecule has 2 aromatic rings. The van der Waals surface area contributed by atoms with Gasteiger partial charge in [0.05, 0.1) is 30.0 Å². The molecule has 0 saturated heterocycles. The Labute approximate surface area is 237 Å². The molecule has 216 valence electrons. The summed E-state index contributed by atoms with van der Waals surface area (Å²) in [4.78, 5) is 49.2. The Bertz CT molecular complexity index is 1310. The number of carbonyl (C=O) groups excluding carboxylic acids is 3. The van der Waals surface area contributed by atoms with Crippen LogP contribution in [0.25, 0.3) is 0 Å². The van der Waals surface area contributed by atoms with Gasteiger partial charge >= 0.3 is 12.1 Å². The van der Waals surface area contributed by atoms with Crippen molar-refractivity contribution in [3.05, 3.63) is 51.0 Å². The molecule has 1 heterocycles. The van der Waals surface area contributed by atoms with Crippen LogP contribution in [0.3, 0.4) is 0 Å². The summed E-state index contributed by atoms with van der Waals surface area (Å²) >= 11 is 9.12. The van der Waals surface area contributed by atoms with Gasteiger partial charge in [0, 0.05) is 34.4 Å². The zero-order chi connectivity index (χ0) is 30.0. The number of phenols is 2. The number of phenolic OH excluding ortho intramolecular Hbond substituents is 2.